The van der Waals surface area contributed by atoms with E-state index < -0.39 is 0 Å². The van der Waals surface area contributed by atoms with Gasteiger partial charge in [0.1, 0.15) is 5.82 Å². The van der Waals surface area contributed by atoms with Crippen molar-refractivity contribution < 1.29 is 9.53 Å². The van der Waals surface area contributed by atoms with E-state index in [2.05, 4.69) is 14.9 Å². The lowest BCUT2D eigenvalue weighted by atomic mass is 9.68. The van der Waals surface area contributed by atoms with Gasteiger partial charge < -0.3 is 14.5 Å². The molecule has 0 unspecified atom stereocenters. The summed E-state index contributed by atoms with van der Waals surface area (Å²) in [7, 11) is 1.69. The third-order valence-electron chi connectivity index (χ3n) is 5.32. The van der Waals surface area contributed by atoms with E-state index in [9.17, 15) is 4.79 Å². The van der Waals surface area contributed by atoms with Crippen molar-refractivity contribution in [3.8, 4) is 0 Å². The van der Waals surface area contributed by atoms with Gasteiger partial charge in [0.25, 0.3) is 0 Å². The molecule has 0 atom stereocenters. The van der Waals surface area contributed by atoms with Gasteiger partial charge in [0.15, 0.2) is 0 Å². The Hall–Kier alpha value is -1.69. The average Bonchev–Trinajstić information content (AvgIpc) is 2.78. The summed E-state index contributed by atoms with van der Waals surface area (Å²) in [6, 6.07) is 0. The first-order valence-electron chi connectivity index (χ1n) is 8.89. The van der Waals surface area contributed by atoms with E-state index in [1.807, 2.05) is 18.7 Å². The van der Waals surface area contributed by atoms with E-state index in [4.69, 9.17) is 4.74 Å². The van der Waals surface area contributed by atoms with Crippen LogP contribution in [0.15, 0.2) is 6.20 Å². The zero-order valence-corrected chi connectivity index (χ0v) is 15.0. The van der Waals surface area contributed by atoms with Gasteiger partial charge in [-0.25, -0.2) is 4.98 Å². The molecule has 0 bridgehead atoms. The number of carbonyl (C=O) groups excluding carboxylic acids is 1. The molecule has 2 fully saturated rings. The smallest absolute Gasteiger partial charge is 0.231 e. The normalized spacial score (nSPS) is 20.5. The summed E-state index contributed by atoms with van der Waals surface area (Å²) in [5, 5.41) is 0. The summed E-state index contributed by atoms with van der Waals surface area (Å²) in [5.74, 6) is 1.24. The minimum Gasteiger partial charge on any atom is -0.384 e. The van der Waals surface area contributed by atoms with Gasteiger partial charge in [-0.05, 0) is 33.1 Å². The molecule has 6 nitrogen and oxygen atoms in total. The maximum absolute atomic E-state index is 13.0. The van der Waals surface area contributed by atoms with Crippen molar-refractivity contribution in [1.82, 2.24) is 14.9 Å². The molecular weight excluding hydrogens is 304 g/mol. The van der Waals surface area contributed by atoms with Gasteiger partial charge in [-0.1, -0.05) is 6.42 Å². The van der Waals surface area contributed by atoms with Gasteiger partial charge >= 0.3 is 0 Å². The number of hydrogen-bond donors (Lipinski definition) is 0. The molecule has 0 N–H and O–H groups in total. The molecule has 132 valence electrons. The molecule has 1 aromatic rings. The van der Waals surface area contributed by atoms with Crippen molar-refractivity contribution in [1.29, 1.82) is 0 Å². The van der Waals surface area contributed by atoms with Gasteiger partial charge in [0, 0.05) is 39.5 Å². The number of ether oxygens (including phenoxy) is 1. The van der Waals surface area contributed by atoms with Crippen molar-refractivity contribution in [2.45, 2.75) is 39.5 Å². The highest BCUT2D eigenvalue weighted by atomic mass is 16.5. The van der Waals surface area contributed by atoms with Gasteiger partial charge in [-0.3, -0.25) is 9.78 Å². The van der Waals surface area contributed by atoms with Crippen LogP contribution in [-0.4, -0.2) is 60.7 Å². The van der Waals surface area contributed by atoms with Crippen LogP contribution in [-0.2, 0) is 9.53 Å². The molecule has 6 heteroatoms. The highest BCUT2D eigenvalue weighted by molar-refractivity contribution is 5.84. The third kappa shape index (κ3) is 3.24. The summed E-state index contributed by atoms with van der Waals surface area (Å²) < 4.78 is 5.34. The maximum atomic E-state index is 13.0. The zero-order valence-electron chi connectivity index (χ0n) is 15.0. The van der Waals surface area contributed by atoms with Crippen molar-refractivity contribution in [3.05, 3.63) is 17.6 Å². The Kier molecular flexibility index (Phi) is 5.04. The molecule has 0 radical (unpaired) electrons. The van der Waals surface area contributed by atoms with E-state index >= 15 is 0 Å². The molecule has 2 heterocycles. The highest BCUT2D eigenvalue weighted by Crippen LogP contribution is 2.42. The van der Waals surface area contributed by atoms with Crippen LogP contribution >= 0.6 is 0 Å². The number of aryl methyl sites for hydroxylation is 2. The Morgan fingerprint density at radius 3 is 2.67 bits per heavy atom. The summed E-state index contributed by atoms with van der Waals surface area (Å²) in [6.07, 6.45) is 5.82. The fourth-order valence-electron chi connectivity index (χ4n) is 3.79. The molecule has 1 aliphatic heterocycles. The molecule has 0 aromatic carbocycles. The second-order valence-corrected chi connectivity index (χ2v) is 7.12. The summed E-state index contributed by atoms with van der Waals surface area (Å²) in [6.45, 7) is 7.81. The third-order valence-corrected chi connectivity index (χ3v) is 5.32. The Labute approximate surface area is 144 Å². The molecule has 1 aliphatic carbocycles. The lowest BCUT2D eigenvalue weighted by Gasteiger charge is -2.42. The molecule has 24 heavy (non-hydrogen) atoms. The molecule has 2 aliphatic rings. The van der Waals surface area contributed by atoms with Gasteiger partial charge in [-0.2, -0.15) is 0 Å². The minimum absolute atomic E-state index is 0.261. The minimum atomic E-state index is -0.261. The number of anilines is 1. The average molecular weight is 332 g/mol. The van der Waals surface area contributed by atoms with E-state index in [0.717, 1.165) is 69.1 Å². The maximum Gasteiger partial charge on any atom is 0.231 e. The second kappa shape index (κ2) is 7.05. The standard InChI is InChI=1S/C18H28N4O2/c1-14-12-19-15(2)16(20-14)21-8-5-9-22(11-10-21)17(23)18(13-24-3)6-4-7-18/h12H,4-11,13H2,1-3H3. The molecule has 0 spiro atoms. The van der Waals surface area contributed by atoms with E-state index in [-0.39, 0.29) is 11.3 Å². The van der Waals surface area contributed by atoms with Crippen LogP contribution in [0.3, 0.4) is 0 Å². The number of methoxy groups -OCH3 is 1. The van der Waals surface area contributed by atoms with Gasteiger partial charge in [0.05, 0.1) is 23.4 Å². The van der Waals surface area contributed by atoms with Crippen molar-refractivity contribution in [2.24, 2.45) is 5.41 Å². The SMILES string of the molecule is COCC1(C(=O)N2CCCN(c3nc(C)cnc3C)CC2)CCC1. The molecule has 1 amide bonds. The van der Waals surface area contributed by atoms with Crippen molar-refractivity contribution >= 4 is 11.7 Å². The quantitative estimate of drug-likeness (QED) is 0.843. The molecule has 1 saturated heterocycles. The van der Waals surface area contributed by atoms with E-state index in [1.54, 1.807) is 13.3 Å². The Bertz CT molecular complexity index is 601. The predicted molar refractivity (Wildman–Crippen MR) is 93.1 cm³/mol. The van der Waals surface area contributed by atoms with Crippen LogP contribution in [0.2, 0.25) is 0 Å². The summed E-state index contributed by atoms with van der Waals surface area (Å²) in [5.41, 5.74) is 1.62. The van der Waals surface area contributed by atoms with E-state index in [0.29, 0.717) is 6.61 Å². The summed E-state index contributed by atoms with van der Waals surface area (Å²) in [4.78, 5) is 26.4. The van der Waals surface area contributed by atoms with Crippen LogP contribution < -0.4 is 4.90 Å². The first-order chi connectivity index (χ1) is 11.6. The topological polar surface area (TPSA) is 58.6 Å². The molecule has 3 rings (SSSR count). The second-order valence-electron chi connectivity index (χ2n) is 7.12. The summed E-state index contributed by atoms with van der Waals surface area (Å²) >= 11 is 0. The molecular formula is C18H28N4O2. The van der Waals surface area contributed by atoms with Crippen molar-refractivity contribution in [2.75, 3.05) is 44.8 Å². The number of aromatic nitrogens is 2. The lowest BCUT2D eigenvalue weighted by Crippen LogP contribution is -2.51. The van der Waals surface area contributed by atoms with Crippen LogP contribution in [0, 0.1) is 19.3 Å². The molecule has 1 saturated carbocycles. The van der Waals surface area contributed by atoms with Gasteiger partial charge in [0.2, 0.25) is 5.91 Å². The van der Waals surface area contributed by atoms with Crippen LogP contribution in [0.4, 0.5) is 5.82 Å². The predicted octanol–water partition coefficient (Wildman–Crippen LogP) is 1.95. The van der Waals surface area contributed by atoms with Gasteiger partial charge in [-0.15, -0.1) is 0 Å². The Balaban J connectivity index is 1.69. The monoisotopic (exact) mass is 332 g/mol. The van der Waals surface area contributed by atoms with Crippen LogP contribution in [0.5, 0.6) is 0 Å². The Morgan fingerprint density at radius 2 is 2.00 bits per heavy atom. The first-order valence-corrected chi connectivity index (χ1v) is 8.89. The van der Waals surface area contributed by atoms with Crippen LogP contribution in [0.25, 0.3) is 0 Å². The largest absolute Gasteiger partial charge is 0.384 e. The first kappa shape index (κ1) is 17.1. The number of amides is 1. The fourth-order valence-corrected chi connectivity index (χ4v) is 3.79. The molecule has 1 aromatic heterocycles. The number of carbonyl (C=O) groups is 1. The number of nitrogens with zero attached hydrogens (tertiary/aromatic N) is 4. The highest BCUT2D eigenvalue weighted by Gasteiger charge is 2.46. The van der Waals surface area contributed by atoms with Crippen LogP contribution in [0.1, 0.15) is 37.1 Å². The number of hydrogen-bond acceptors (Lipinski definition) is 5. The van der Waals surface area contributed by atoms with E-state index in [1.165, 1.54) is 0 Å². The van der Waals surface area contributed by atoms with Crippen molar-refractivity contribution in [3.63, 3.8) is 0 Å². The lowest BCUT2D eigenvalue weighted by molar-refractivity contribution is -0.151. The number of rotatable bonds is 4. The Morgan fingerprint density at radius 1 is 1.21 bits per heavy atom. The fraction of sp³-hybridized carbons (Fsp3) is 0.722. The zero-order chi connectivity index (χ0) is 17.2.